The first-order valence-corrected chi connectivity index (χ1v) is 7.18. The predicted molar refractivity (Wildman–Crippen MR) is 85.9 cm³/mol. The third kappa shape index (κ3) is 4.89. The third-order valence-electron chi connectivity index (χ3n) is 3.18. The number of nitrogens with one attached hydrogen (secondary N) is 2. The fourth-order valence-electron chi connectivity index (χ4n) is 2.10. The number of anilines is 1. The molecule has 2 N–H and O–H groups in total. The minimum absolute atomic E-state index is 0.0429. The molecule has 1 aromatic heterocycles. The summed E-state index contributed by atoms with van der Waals surface area (Å²) < 4.78 is 5.11. The van der Waals surface area contributed by atoms with E-state index in [9.17, 15) is 4.79 Å². The normalized spacial score (nSPS) is 10.7. The van der Waals surface area contributed by atoms with Crippen molar-refractivity contribution in [2.45, 2.75) is 19.4 Å². The topological polar surface area (TPSA) is 70.2 Å². The van der Waals surface area contributed by atoms with Crippen molar-refractivity contribution in [2.24, 2.45) is 0 Å². The Morgan fingerprint density at radius 3 is 2.68 bits per heavy atom. The lowest BCUT2D eigenvalue weighted by molar-refractivity contribution is -0.116. The molecule has 0 unspecified atom stereocenters. The Balaban J connectivity index is 1.80. The summed E-state index contributed by atoms with van der Waals surface area (Å²) in [6, 6.07) is 9.58. The summed E-state index contributed by atoms with van der Waals surface area (Å²) in [6.45, 7) is 0.759. The monoisotopic (exact) mass is 302 g/mol. The summed E-state index contributed by atoms with van der Waals surface area (Å²) in [5.74, 6) is 1.34. The van der Waals surface area contributed by atoms with Gasteiger partial charge >= 0.3 is 0 Å². The second-order valence-corrected chi connectivity index (χ2v) is 5.41. The Morgan fingerprint density at radius 1 is 1.32 bits per heavy atom. The van der Waals surface area contributed by atoms with Gasteiger partial charge in [0.25, 0.3) is 0 Å². The molecule has 0 spiro atoms. The molecule has 0 saturated heterocycles. The van der Waals surface area contributed by atoms with E-state index in [0.29, 0.717) is 18.7 Å². The number of nitrogens with zero attached hydrogens (tertiary/aromatic N) is 2. The summed E-state index contributed by atoms with van der Waals surface area (Å²) in [4.78, 5) is 14.0. The zero-order valence-electron chi connectivity index (χ0n) is 13.2. The quantitative estimate of drug-likeness (QED) is 0.821. The number of carbonyl (C=O) groups is 1. The van der Waals surface area contributed by atoms with Crippen molar-refractivity contribution in [1.82, 2.24) is 15.1 Å². The van der Waals surface area contributed by atoms with Crippen LogP contribution in [0.25, 0.3) is 0 Å². The molecular weight excluding hydrogens is 280 g/mol. The average Bonchev–Trinajstić information content (AvgIpc) is 2.92. The van der Waals surface area contributed by atoms with Crippen molar-refractivity contribution in [3.63, 3.8) is 0 Å². The van der Waals surface area contributed by atoms with Crippen molar-refractivity contribution in [2.75, 3.05) is 26.5 Å². The second kappa shape index (κ2) is 7.61. The zero-order chi connectivity index (χ0) is 15.9. The summed E-state index contributed by atoms with van der Waals surface area (Å²) in [6.07, 6.45) is 1.10. The Hall–Kier alpha value is -2.34. The Kier molecular flexibility index (Phi) is 5.55. The second-order valence-electron chi connectivity index (χ2n) is 5.41. The number of rotatable bonds is 7. The van der Waals surface area contributed by atoms with E-state index in [0.717, 1.165) is 23.6 Å². The van der Waals surface area contributed by atoms with E-state index >= 15 is 0 Å². The molecule has 0 bridgehead atoms. The van der Waals surface area contributed by atoms with E-state index < -0.39 is 0 Å². The molecule has 6 nitrogen and oxygen atoms in total. The molecule has 118 valence electrons. The van der Waals surface area contributed by atoms with Crippen LogP contribution in [0.1, 0.15) is 17.7 Å². The molecule has 1 amide bonds. The molecule has 0 atom stereocenters. The van der Waals surface area contributed by atoms with Gasteiger partial charge < -0.3 is 15.0 Å². The molecule has 6 heteroatoms. The molecule has 2 rings (SSSR count). The van der Waals surface area contributed by atoms with Gasteiger partial charge in [-0.25, -0.2) is 0 Å². The number of ether oxygens (including phenoxy) is 1. The van der Waals surface area contributed by atoms with Crippen LogP contribution >= 0.6 is 0 Å². The van der Waals surface area contributed by atoms with Gasteiger partial charge in [0.05, 0.1) is 12.8 Å². The molecule has 22 heavy (non-hydrogen) atoms. The highest BCUT2D eigenvalue weighted by Gasteiger charge is 2.07. The van der Waals surface area contributed by atoms with Crippen LogP contribution in [0.4, 0.5) is 5.82 Å². The van der Waals surface area contributed by atoms with Gasteiger partial charge in [-0.15, -0.1) is 0 Å². The maximum absolute atomic E-state index is 11.9. The Labute approximate surface area is 130 Å². The molecule has 1 heterocycles. The molecule has 1 aromatic carbocycles. The fraction of sp³-hybridized carbons (Fsp3) is 0.375. The third-order valence-corrected chi connectivity index (χ3v) is 3.18. The van der Waals surface area contributed by atoms with Gasteiger partial charge in [-0.2, -0.15) is 5.10 Å². The van der Waals surface area contributed by atoms with Crippen molar-refractivity contribution in [3.05, 3.63) is 41.6 Å². The zero-order valence-corrected chi connectivity index (χ0v) is 13.2. The smallest absolute Gasteiger partial charge is 0.225 e. The van der Waals surface area contributed by atoms with Crippen LogP contribution in [-0.4, -0.2) is 42.2 Å². The first-order valence-electron chi connectivity index (χ1n) is 7.18. The lowest BCUT2D eigenvalue weighted by atomic mass is 10.1. The van der Waals surface area contributed by atoms with E-state index in [1.54, 1.807) is 7.11 Å². The maximum Gasteiger partial charge on any atom is 0.225 e. The minimum atomic E-state index is -0.0429. The minimum Gasteiger partial charge on any atom is -0.497 e. The molecule has 0 radical (unpaired) electrons. The molecule has 2 aromatic rings. The molecule has 0 fully saturated rings. The Bertz CT molecular complexity index is 605. The first kappa shape index (κ1) is 16.0. The van der Waals surface area contributed by atoms with E-state index in [-0.39, 0.29) is 5.91 Å². The number of hydrogen-bond donors (Lipinski definition) is 2. The van der Waals surface area contributed by atoms with Crippen LogP contribution in [0.2, 0.25) is 0 Å². The highest BCUT2D eigenvalue weighted by molar-refractivity contribution is 5.89. The van der Waals surface area contributed by atoms with Gasteiger partial charge in [0.1, 0.15) is 5.75 Å². The highest BCUT2D eigenvalue weighted by atomic mass is 16.5. The number of carbonyl (C=O) groups excluding carboxylic acids is 1. The SMILES string of the molecule is COc1ccc(CCC(=O)Nc2cc(CN(C)C)[nH]n2)cc1. The van der Waals surface area contributed by atoms with Gasteiger partial charge in [-0.3, -0.25) is 9.89 Å². The van der Waals surface area contributed by atoms with Crippen molar-refractivity contribution < 1.29 is 9.53 Å². The van der Waals surface area contributed by atoms with Crippen LogP contribution in [0.15, 0.2) is 30.3 Å². The molecule has 0 aliphatic carbocycles. The maximum atomic E-state index is 11.9. The standard InChI is InChI=1S/C16H22N4O2/c1-20(2)11-13-10-15(19-18-13)17-16(21)9-6-12-4-7-14(22-3)8-5-12/h4-5,7-8,10H,6,9,11H2,1-3H3,(H2,17,18,19,21). The van der Waals surface area contributed by atoms with Gasteiger partial charge in [0.15, 0.2) is 5.82 Å². The highest BCUT2D eigenvalue weighted by Crippen LogP contribution is 2.13. The number of H-pyrrole nitrogens is 1. The van der Waals surface area contributed by atoms with Crippen molar-refractivity contribution in [1.29, 1.82) is 0 Å². The van der Waals surface area contributed by atoms with Crippen LogP contribution in [0.3, 0.4) is 0 Å². The number of amides is 1. The van der Waals surface area contributed by atoms with Gasteiger partial charge in [-0.05, 0) is 38.2 Å². The van der Waals surface area contributed by atoms with Crippen molar-refractivity contribution >= 4 is 11.7 Å². The lowest BCUT2D eigenvalue weighted by Crippen LogP contribution is -2.12. The van der Waals surface area contributed by atoms with Crippen LogP contribution in [-0.2, 0) is 17.8 Å². The van der Waals surface area contributed by atoms with Crippen LogP contribution in [0, 0.1) is 0 Å². The number of aryl methyl sites for hydroxylation is 1. The summed E-state index contributed by atoms with van der Waals surface area (Å²) >= 11 is 0. The van der Waals surface area contributed by atoms with E-state index in [4.69, 9.17) is 4.74 Å². The number of methoxy groups -OCH3 is 1. The number of benzene rings is 1. The number of aromatic amines is 1. The number of hydrogen-bond acceptors (Lipinski definition) is 4. The van der Waals surface area contributed by atoms with Crippen molar-refractivity contribution in [3.8, 4) is 5.75 Å². The van der Waals surface area contributed by atoms with Gasteiger partial charge in [-0.1, -0.05) is 12.1 Å². The molecule has 0 saturated carbocycles. The number of aromatic nitrogens is 2. The Morgan fingerprint density at radius 2 is 2.05 bits per heavy atom. The summed E-state index contributed by atoms with van der Waals surface area (Å²) in [7, 11) is 5.60. The van der Waals surface area contributed by atoms with E-state index in [1.165, 1.54) is 0 Å². The van der Waals surface area contributed by atoms with Crippen LogP contribution < -0.4 is 10.1 Å². The van der Waals surface area contributed by atoms with Gasteiger partial charge in [0, 0.05) is 19.0 Å². The molecule has 0 aliphatic rings. The largest absolute Gasteiger partial charge is 0.497 e. The van der Waals surface area contributed by atoms with Gasteiger partial charge in [0.2, 0.25) is 5.91 Å². The van der Waals surface area contributed by atoms with E-state index in [2.05, 4.69) is 15.5 Å². The summed E-state index contributed by atoms with van der Waals surface area (Å²) in [5.41, 5.74) is 2.07. The fourth-order valence-corrected chi connectivity index (χ4v) is 2.10. The first-order chi connectivity index (χ1) is 10.6. The molecular formula is C16H22N4O2. The lowest BCUT2D eigenvalue weighted by Gasteiger charge is -2.05. The van der Waals surface area contributed by atoms with Crippen LogP contribution in [0.5, 0.6) is 5.75 Å². The summed E-state index contributed by atoms with van der Waals surface area (Å²) in [5, 5.41) is 9.80. The van der Waals surface area contributed by atoms with E-state index in [1.807, 2.05) is 49.3 Å². The average molecular weight is 302 g/mol. The molecule has 0 aliphatic heterocycles. The predicted octanol–water partition coefficient (Wildman–Crippen LogP) is 2.05.